The number of hydrogen-bond acceptors (Lipinski definition) is 4. The Morgan fingerprint density at radius 1 is 0.848 bits per heavy atom. The van der Waals surface area contributed by atoms with Gasteiger partial charge in [0.2, 0.25) is 5.91 Å². The van der Waals surface area contributed by atoms with Gasteiger partial charge in [0.15, 0.2) is 16.7 Å². The molecule has 33 heavy (non-hydrogen) atoms. The molecule has 6 heteroatoms. The summed E-state index contributed by atoms with van der Waals surface area (Å²) < 4.78 is 0. The third kappa shape index (κ3) is 3.61. The van der Waals surface area contributed by atoms with Crippen LogP contribution in [0.25, 0.3) is 0 Å². The first-order valence-corrected chi connectivity index (χ1v) is 12.2. The van der Waals surface area contributed by atoms with E-state index in [1.807, 2.05) is 0 Å². The van der Waals surface area contributed by atoms with Crippen LogP contribution in [0.2, 0.25) is 0 Å². The monoisotopic (exact) mass is 458 g/mol. The normalized spacial score (nSPS) is 28.8. The lowest BCUT2D eigenvalue weighted by Gasteiger charge is -2.56. The van der Waals surface area contributed by atoms with E-state index in [-0.39, 0.29) is 28.0 Å². The Kier molecular flexibility index (Phi) is 4.77. The number of thiocarbonyl (C=S) groups is 1. The Bertz CT molecular complexity index is 1180. The summed E-state index contributed by atoms with van der Waals surface area (Å²) in [6, 6.07) is 11.9. The van der Waals surface area contributed by atoms with Crippen LogP contribution in [0.5, 0.6) is 0 Å². The van der Waals surface area contributed by atoms with Gasteiger partial charge in [-0.3, -0.25) is 14.4 Å². The van der Waals surface area contributed by atoms with E-state index in [4.69, 9.17) is 12.2 Å². The topological polar surface area (TPSA) is 75.3 Å². The summed E-state index contributed by atoms with van der Waals surface area (Å²) in [5.74, 6) is 2.03. The molecule has 5 nitrogen and oxygen atoms in total. The summed E-state index contributed by atoms with van der Waals surface area (Å²) in [4.78, 5) is 38.6. The second kappa shape index (κ2) is 7.59. The lowest BCUT2D eigenvalue weighted by Crippen LogP contribution is -2.48. The van der Waals surface area contributed by atoms with Crippen molar-refractivity contribution in [1.29, 1.82) is 0 Å². The Labute approximate surface area is 198 Å². The highest BCUT2D eigenvalue weighted by molar-refractivity contribution is 7.80. The molecule has 0 saturated heterocycles. The van der Waals surface area contributed by atoms with E-state index in [1.165, 1.54) is 38.5 Å². The van der Waals surface area contributed by atoms with Gasteiger partial charge in [0.05, 0.1) is 0 Å². The van der Waals surface area contributed by atoms with Crippen LogP contribution in [-0.2, 0) is 4.79 Å². The second-order valence-electron chi connectivity index (χ2n) is 10.6. The Morgan fingerprint density at radius 3 is 2.00 bits per heavy atom. The molecule has 0 unspecified atom stereocenters. The highest BCUT2D eigenvalue weighted by Gasteiger charge is 2.51. The first-order valence-electron chi connectivity index (χ1n) is 11.8. The molecule has 0 aromatic heterocycles. The number of hydrogen-bond donors (Lipinski definition) is 2. The number of carbonyl (C=O) groups is 3. The highest BCUT2D eigenvalue weighted by atomic mass is 32.1. The fraction of sp³-hybridized carbons (Fsp3) is 0.407. The van der Waals surface area contributed by atoms with Crippen LogP contribution in [-0.4, -0.2) is 22.6 Å². The highest BCUT2D eigenvalue weighted by Crippen LogP contribution is 2.61. The van der Waals surface area contributed by atoms with Gasteiger partial charge in [-0.25, -0.2) is 0 Å². The van der Waals surface area contributed by atoms with Gasteiger partial charge in [0.1, 0.15) is 0 Å². The molecule has 168 valence electrons. The molecule has 0 atom stereocenters. The zero-order valence-corrected chi connectivity index (χ0v) is 19.2. The smallest absolute Gasteiger partial charge is 0.226 e. The van der Waals surface area contributed by atoms with Gasteiger partial charge in [0, 0.05) is 34.4 Å². The molecule has 4 fully saturated rings. The van der Waals surface area contributed by atoms with Gasteiger partial charge in [-0.2, -0.15) is 0 Å². The molecule has 0 spiro atoms. The zero-order valence-electron chi connectivity index (χ0n) is 18.4. The van der Waals surface area contributed by atoms with Crippen LogP contribution < -0.4 is 10.6 Å². The van der Waals surface area contributed by atoms with Crippen molar-refractivity contribution < 1.29 is 14.4 Å². The van der Waals surface area contributed by atoms with Gasteiger partial charge < -0.3 is 10.6 Å². The fourth-order valence-corrected chi connectivity index (χ4v) is 7.59. The number of carbonyl (C=O) groups excluding carboxylic acids is 3. The van der Waals surface area contributed by atoms with E-state index in [0.29, 0.717) is 34.4 Å². The number of amides is 1. The summed E-state index contributed by atoms with van der Waals surface area (Å²) in [7, 11) is 0. The van der Waals surface area contributed by atoms with Crippen molar-refractivity contribution in [3.63, 3.8) is 0 Å². The summed E-state index contributed by atoms with van der Waals surface area (Å²) in [5.41, 5.74) is 2.32. The maximum Gasteiger partial charge on any atom is 0.226 e. The molecule has 2 aromatic carbocycles. The molecular formula is C27H26N2O3S. The minimum Gasteiger partial charge on any atom is -0.332 e. The maximum absolute atomic E-state index is 12.9. The van der Waals surface area contributed by atoms with Crippen molar-refractivity contribution >= 4 is 40.5 Å². The van der Waals surface area contributed by atoms with Crippen molar-refractivity contribution in [2.75, 3.05) is 5.32 Å². The molecule has 1 amide bonds. The lowest BCUT2D eigenvalue weighted by molar-refractivity contribution is -0.127. The molecule has 4 saturated carbocycles. The van der Waals surface area contributed by atoms with Crippen molar-refractivity contribution in [3.8, 4) is 0 Å². The molecule has 0 aliphatic heterocycles. The molecule has 0 heterocycles. The first kappa shape index (κ1) is 20.7. The zero-order chi connectivity index (χ0) is 22.7. The van der Waals surface area contributed by atoms with Crippen molar-refractivity contribution in [2.24, 2.45) is 23.2 Å². The van der Waals surface area contributed by atoms with Crippen molar-refractivity contribution in [1.82, 2.24) is 5.32 Å². The summed E-state index contributed by atoms with van der Waals surface area (Å²) in [5, 5.41) is 6.10. The third-order valence-corrected chi connectivity index (χ3v) is 8.34. The number of fused-ring (bicyclic) bond motifs is 2. The summed E-state index contributed by atoms with van der Waals surface area (Å²) in [6.45, 7) is 0. The predicted octanol–water partition coefficient (Wildman–Crippen LogP) is 4.88. The van der Waals surface area contributed by atoms with E-state index in [1.54, 1.807) is 42.5 Å². The molecule has 5 aliphatic rings. The van der Waals surface area contributed by atoms with E-state index < -0.39 is 0 Å². The van der Waals surface area contributed by atoms with Crippen LogP contribution in [0.4, 0.5) is 5.69 Å². The average Bonchev–Trinajstić information content (AvgIpc) is 2.76. The predicted molar refractivity (Wildman–Crippen MR) is 129 cm³/mol. The SMILES string of the molecule is O=C(CC12CC3CC(CC(C3)C1)C2)NC(=S)Nc1ccc2c(c1)C(=O)c1ccccc1C2=O. The van der Waals surface area contributed by atoms with Crippen LogP contribution in [0.15, 0.2) is 42.5 Å². The van der Waals surface area contributed by atoms with E-state index in [2.05, 4.69) is 10.6 Å². The number of benzene rings is 2. The molecule has 4 bridgehead atoms. The quantitative estimate of drug-likeness (QED) is 0.547. The summed E-state index contributed by atoms with van der Waals surface area (Å²) >= 11 is 5.40. The molecule has 2 aromatic rings. The standard InChI is InChI=1S/C27H26N2O3S/c30-23(14-27-11-15-7-16(12-27)9-17(8-15)13-27)29-26(33)28-18-5-6-21-22(10-18)25(32)20-4-2-1-3-19(20)24(21)31/h1-6,10,15-17H,7-9,11-14H2,(H2,28,29,30,33). The second-order valence-corrected chi connectivity index (χ2v) is 11.0. The van der Waals surface area contributed by atoms with Crippen LogP contribution in [0, 0.1) is 23.2 Å². The molecule has 2 N–H and O–H groups in total. The first-order chi connectivity index (χ1) is 15.9. The number of rotatable bonds is 3. The Balaban J connectivity index is 1.13. The van der Waals surface area contributed by atoms with E-state index >= 15 is 0 Å². The van der Waals surface area contributed by atoms with E-state index in [0.717, 1.165) is 17.8 Å². The number of ketones is 2. The van der Waals surface area contributed by atoms with Gasteiger partial charge in [-0.05, 0) is 92.1 Å². The van der Waals surface area contributed by atoms with Crippen LogP contribution >= 0.6 is 12.2 Å². The van der Waals surface area contributed by atoms with Gasteiger partial charge in [-0.1, -0.05) is 24.3 Å². The fourth-order valence-electron chi connectivity index (χ4n) is 7.36. The number of nitrogens with one attached hydrogen (secondary N) is 2. The minimum absolute atomic E-state index is 0.0346. The van der Waals surface area contributed by atoms with Gasteiger partial charge >= 0.3 is 0 Å². The Morgan fingerprint density at radius 2 is 1.39 bits per heavy atom. The van der Waals surface area contributed by atoms with Gasteiger partial charge in [0.25, 0.3) is 0 Å². The maximum atomic E-state index is 12.9. The third-order valence-electron chi connectivity index (χ3n) is 8.14. The van der Waals surface area contributed by atoms with Gasteiger partial charge in [-0.15, -0.1) is 0 Å². The molecular weight excluding hydrogens is 432 g/mol. The Hall–Kier alpha value is -2.86. The van der Waals surface area contributed by atoms with Crippen LogP contribution in [0.1, 0.15) is 76.8 Å². The largest absolute Gasteiger partial charge is 0.332 e. The van der Waals surface area contributed by atoms with Crippen molar-refractivity contribution in [3.05, 3.63) is 64.7 Å². The van der Waals surface area contributed by atoms with Crippen LogP contribution in [0.3, 0.4) is 0 Å². The number of anilines is 1. The summed E-state index contributed by atoms with van der Waals surface area (Å²) in [6.07, 6.45) is 8.12. The van der Waals surface area contributed by atoms with Crippen molar-refractivity contribution in [2.45, 2.75) is 44.9 Å². The average molecular weight is 459 g/mol. The molecule has 0 radical (unpaired) electrons. The molecule has 7 rings (SSSR count). The molecule has 5 aliphatic carbocycles. The van der Waals surface area contributed by atoms with E-state index in [9.17, 15) is 14.4 Å². The minimum atomic E-state index is -0.180. The lowest BCUT2D eigenvalue weighted by atomic mass is 9.49.